The van der Waals surface area contributed by atoms with Gasteiger partial charge in [0.05, 0.1) is 6.07 Å². The molecule has 1 aromatic carbocycles. The van der Waals surface area contributed by atoms with Gasteiger partial charge in [-0.1, -0.05) is 37.3 Å². The number of carbonyl (C=O) groups excluding carboxylic acids is 1. The Bertz CT molecular complexity index is 422. The average Bonchev–Trinajstić information content (AvgIpc) is 2.32. The Hall–Kier alpha value is -1.82. The summed E-state index contributed by atoms with van der Waals surface area (Å²) < 4.78 is 5.19. The van der Waals surface area contributed by atoms with Crippen LogP contribution in [0.3, 0.4) is 0 Å². The highest BCUT2D eigenvalue weighted by atomic mass is 16.5. The van der Waals surface area contributed by atoms with Gasteiger partial charge in [-0.15, -0.1) is 0 Å². The lowest BCUT2D eigenvalue weighted by molar-refractivity contribution is -0.148. The molecule has 17 heavy (non-hydrogen) atoms. The zero-order valence-corrected chi connectivity index (χ0v) is 10.4. The molecule has 0 amide bonds. The van der Waals surface area contributed by atoms with Crippen LogP contribution in [-0.4, -0.2) is 12.1 Å². The van der Waals surface area contributed by atoms with Gasteiger partial charge in [-0.3, -0.25) is 4.79 Å². The summed E-state index contributed by atoms with van der Waals surface area (Å²) in [4.78, 5) is 11.0. The van der Waals surface area contributed by atoms with Crippen molar-refractivity contribution in [1.82, 2.24) is 0 Å². The number of nitriles is 1. The Labute approximate surface area is 102 Å². The third kappa shape index (κ3) is 2.65. The molecule has 3 nitrogen and oxygen atoms in total. The highest BCUT2D eigenvalue weighted by Gasteiger charge is 2.38. The van der Waals surface area contributed by atoms with E-state index in [0.29, 0.717) is 6.42 Å². The van der Waals surface area contributed by atoms with Crippen molar-refractivity contribution in [2.75, 3.05) is 0 Å². The molecule has 90 valence electrons. The summed E-state index contributed by atoms with van der Waals surface area (Å²) in [6, 6.07) is 11.8. The van der Waals surface area contributed by atoms with Crippen LogP contribution in [-0.2, 0) is 14.9 Å². The van der Waals surface area contributed by atoms with Gasteiger partial charge in [0.15, 0.2) is 0 Å². The maximum absolute atomic E-state index is 11.0. The Balaban J connectivity index is 3.15. The van der Waals surface area contributed by atoms with Gasteiger partial charge in [-0.05, 0) is 18.9 Å². The van der Waals surface area contributed by atoms with Gasteiger partial charge in [0.2, 0.25) is 0 Å². The minimum Gasteiger partial charge on any atom is -0.461 e. The predicted octanol–water partition coefficient (Wildman–Crippen LogP) is 2.81. The minimum absolute atomic E-state index is 0.360. The standard InChI is InChI=1S/C14H17NO2/c1-4-14(10-15,11(2)17-12(3)16)13-8-6-5-7-9-13/h5-9,11H,4H2,1-3H3. The summed E-state index contributed by atoms with van der Waals surface area (Å²) in [7, 11) is 0. The number of hydrogen-bond acceptors (Lipinski definition) is 3. The summed E-state index contributed by atoms with van der Waals surface area (Å²) in [5.41, 5.74) is 0.117. The monoisotopic (exact) mass is 231 g/mol. The molecule has 0 spiro atoms. The van der Waals surface area contributed by atoms with E-state index in [1.807, 2.05) is 37.3 Å². The fraction of sp³-hybridized carbons (Fsp3) is 0.429. The van der Waals surface area contributed by atoms with E-state index in [-0.39, 0.29) is 5.97 Å². The molecular formula is C14H17NO2. The fourth-order valence-electron chi connectivity index (χ4n) is 2.05. The van der Waals surface area contributed by atoms with Crippen LogP contribution < -0.4 is 0 Å². The number of esters is 1. The zero-order valence-electron chi connectivity index (χ0n) is 10.4. The first-order chi connectivity index (χ1) is 8.06. The molecule has 0 aliphatic heterocycles. The molecule has 2 unspecified atom stereocenters. The normalized spacial score (nSPS) is 15.4. The van der Waals surface area contributed by atoms with E-state index < -0.39 is 11.5 Å². The van der Waals surface area contributed by atoms with Crippen LogP contribution in [0.5, 0.6) is 0 Å². The maximum Gasteiger partial charge on any atom is 0.302 e. The zero-order chi connectivity index (χ0) is 12.9. The van der Waals surface area contributed by atoms with Crippen molar-refractivity contribution < 1.29 is 9.53 Å². The fourth-order valence-corrected chi connectivity index (χ4v) is 2.05. The van der Waals surface area contributed by atoms with E-state index in [0.717, 1.165) is 5.56 Å². The summed E-state index contributed by atoms with van der Waals surface area (Å²) in [6.45, 7) is 5.05. The van der Waals surface area contributed by atoms with Gasteiger partial charge in [-0.25, -0.2) is 0 Å². The minimum atomic E-state index is -0.771. The predicted molar refractivity (Wildman–Crippen MR) is 65.3 cm³/mol. The second kappa shape index (κ2) is 5.49. The van der Waals surface area contributed by atoms with Crippen molar-refractivity contribution in [2.45, 2.75) is 38.7 Å². The van der Waals surface area contributed by atoms with Crippen LogP contribution in [0.2, 0.25) is 0 Å². The largest absolute Gasteiger partial charge is 0.461 e. The molecule has 3 heteroatoms. The first-order valence-electron chi connectivity index (χ1n) is 5.70. The first-order valence-corrected chi connectivity index (χ1v) is 5.70. The number of ether oxygens (including phenoxy) is 1. The van der Waals surface area contributed by atoms with Crippen molar-refractivity contribution in [3.63, 3.8) is 0 Å². The third-order valence-electron chi connectivity index (χ3n) is 3.08. The number of carbonyl (C=O) groups is 1. The molecule has 0 fully saturated rings. The average molecular weight is 231 g/mol. The lowest BCUT2D eigenvalue weighted by Gasteiger charge is -2.31. The van der Waals surface area contributed by atoms with Crippen molar-refractivity contribution in [3.05, 3.63) is 35.9 Å². The van der Waals surface area contributed by atoms with Gasteiger partial charge in [0.1, 0.15) is 11.5 Å². The van der Waals surface area contributed by atoms with Crippen LogP contribution >= 0.6 is 0 Å². The molecule has 2 atom stereocenters. The summed E-state index contributed by atoms with van der Waals surface area (Å²) in [5.74, 6) is -0.360. The molecule has 0 saturated heterocycles. The second-order valence-corrected chi connectivity index (χ2v) is 4.05. The SMILES string of the molecule is CCC(C#N)(c1ccccc1)C(C)OC(C)=O. The van der Waals surface area contributed by atoms with Gasteiger partial charge in [0, 0.05) is 6.92 Å². The van der Waals surface area contributed by atoms with E-state index in [4.69, 9.17) is 4.74 Å². The maximum atomic E-state index is 11.0. The number of nitrogens with zero attached hydrogens (tertiary/aromatic N) is 1. The van der Waals surface area contributed by atoms with E-state index in [1.54, 1.807) is 6.92 Å². The van der Waals surface area contributed by atoms with Crippen LogP contribution in [0.4, 0.5) is 0 Å². The molecule has 0 bridgehead atoms. The van der Waals surface area contributed by atoms with Crippen LogP contribution in [0.25, 0.3) is 0 Å². The lowest BCUT2D eigenvalue weighted by Crippen LogP contribution is -2.38. The highest BCUT2D eigenvalue weighted by Crippen LogP contribution is 2.32. The van der Waals surface area contributed by atoms with Gasteiger partial charge in [0.25, 0.3) is 0 Å². The Morgan fingerprint density at radius 2 is 2.06 bits per heavy atom. The molecule has 1 aromatic rings. The molecule has 1 rings (SSSR count). The summed E-state index contributed by atoms with van der Waals surface area (Å²) in [6.07, 6.45) is 0.138. The van der Waals surface area contributed by atoms with Gasteiger partial charge in [-0.2, -0.15) is 5.26 Å². The third-order valence-corrected chi connectivity index (χ3v) is 3.08. The molecular weight excluding hydrogens is 214 g/mol. The summed E-state index contributed by atoms with van der Waals surface area (Å²) >= 11 is 0. The number of rotatable bonds is 4. The quantitative estimate of drug-likeness (QED) is 0.749. The smallest absolute Gasteiger partial charge is 0.302 e. The van der Waals surface area contributed by atoms with Gasteiger partial charge >= 0.3 is 5.97 Å². The van der Waals surface area contributed by atoms with E-state index in [9.17, 15) is 10.1 Å². The Morgan fingerprint density at radius 1 is 1.47 bits per heavy atom. The molecule has 0 aliphatic carbocycles. The number of hydrogen-bond donors (Lipinski definition) is 0. The highest BCUT2D eigenvalue weighted by molar-refractivity contribution is 5.66. The second-order valence-electron chi connectivity index (χ2n) is 4.05. The van der Waals surface area contributed by atoms with Crippen molar-refractivity contribution in [2.24, 2.45) is 0 Å². The van der Waals surface area contributed by atoms with Crippen molar-refractivity contribution in [3.8, 4) is 6.07 Å². The molecule has 0 N–H and O–H groups in total. The summed E-state index contributed by atoms with van der Waals surface area (Å²) in [5, 5.41) is 9.47. The van der Waals surface area contributed by atoms with Crippen LogP contribution in [0.1, 0.15) is 32.8 Å². The van der Waals surface area contributed by atoms with Crippen molar-refractivity contribution >= 4 is 5.97 Å². The van der Waals surface area contributed by atoms with Crippen molar-refractivity contribution in [1.29, 1.82) is 5.26 Å². The molecule has 0 aliphatic rings. The number of benzene rings is 1. The molecule has 0 radical (unpaired) electrons. The molecule has 0 saturated carbocycles. The first kappa shape index (κ1) is 13.2. The topological polar surface area (TPSA) is 50.1 Å². The Morgan fingerprint density at radius 3 is 2.47 bits per heavy atom. The van der Waals surface area contributed by atoms with Gasteiger partial charge < -0.3 is 4.74 Å². The lowest BCUT2D eigenvalue weighted by atomic mass is 9.75. The van der Waals surface area contributed by atoms with E-state index in [1.165, 1.54) is 6.92 Å². The van der Waals surface area contributed by atoms with Crippen LogP contribution in [0, 0.1) is 11.3 Å². The van der Waals surface area contributed by atoms with E-state index in [2.05, 4.69) is 6.07 Å². The molecule has 0 heterocycles. The molecule has 0 aromatic heterocycles. The van der Waals surface area contributed by atoms with E-state index >= 15 is 0 Å². The van der Waals surface area contributed by atoms with Crippen LogP contribution in [0.15, 0.2) is 30.3 Å². The Kier molecular flexibility index (Phi) is 4.28.